The lowest BCUT2D eigenvalue weighted by molar-refractivity contribution is 0.207. The molecule has 2 aromatic heterocycles. The molecular weight excluding hydrogens is 214 g/mol. The second-order valence-electron chi connectivity index (χ2n) is 4.11. The zero-order chi connectivity index (χ0) is 12.3. The fourth-order valence-electron chi connectivity index (χ4n) is 1.79. The molecule has 0 aliphatic heterocycles. The summed E-state index contributed by atoms with van der Waals surface area (Å²) in [6.07, 6.45) is 3.77. The van der Waals surface area contributed by atoms with Crippen molar-refractivity contribution in [3.05, 3.63) is 47.5 Å². The van der Waals surface area contributed by atoms with Crippen molar-refractivity contribution < 1.29 is 5.11 Å². The normalized spacial score (nSPS) is 12.6. The molecule has 0 fully saturated rings. The van der Waals surface area contributed by atoms with Gasteiger partial charge in [-0.1, -0.05) is 13.0 Å². The van der Waals surface area contributed by atoms with E-state index in [4.69, 9.17) is 0 Å². The summed E-state index contributed by atoms with van der Waals surface area (Å²) in [4.78, 5) is 4.20. The minimum Gasteiger partial charge on any atom is -0.382 e. The number of aryl methyl sites for hydroxylation is 2. The Morgan fingerprint density at radius 1 is 1.35 bits per heavy atom. The van der Waals surface area contributed by atoms with Crippen LogP contribution in [0.4, 0.5) is 0 Å². The molecule has 0 amide bonds. The Bertz CT molecular complexity index is 476. The van der Waals surface area contributed by atoms with Crippen molar-refractivity contribution in [2.45, 2.75) is 32.9 Å². The van der Waals surface area contributed by atoms with Crippen LogP contribution in [0.1, 0.15) is 36.4 Å². The van der Waals surface area contributed by atoms with Crippen molar-refractivity contribution in [3.63, 3.8) is 0 Å². The number of aromatic nitrogens is 3. The Hall–Kier alpha value is -1.68. The first-order chi connectivity index (χ1) is 8.22. The molecule has 1 atom stereocenters. The van der Waals surface area contributed by atoms with Crippen molar-refractivity contribution >= 4 is 0 Å². The van der Waals surface area contributed by atoms with Gasteiger partial charge in [0.15, 0.2) is 0 Å². The van der Waals surface area contributed by atoms with Crippen molar-refractivity contribution in [2.24, 2.45) is 0 Å². The highest BCUT2D eigenvalue weighted by Gasteiger charge is 2.15. The van der Waals surface area contributed by atoms with Gasteiger partial charge in [-0.25, -0.2) is 0 Å². The summed E-state index contributed by atoms with van der Waals surface area (Å²) in [7, 11) is 0. The van der Waals surface area contributed by atoms with Crippen LogP contribution in [0.25, 0.3) is 0 Å². The molecule has 0 bridgehead atoms. The minimum atomic E-state index is -0.655. The van der Waals surface area contributed by atoms with E-state index in [-0.39, 0.29) is 0 Å². The van der Waals surface area contributed by atoms with Crippen LogP contribution >= 0.6 is 0 Å². The van der Waals surface area contributed by atoms with E-state index in [2.05, 4.69) is 17.0 Å². The van der Waals surface area contributed by atoms with Crippen molar-refractivity contribution in [1.29, 1.82) is 0 Å². The summed E-state index contributed by atoms with van der Waals surface area (Å²) in [5.41, 5.74) is 2.56. The van der Waals surface area contributed by atoms with Crippen LogP contribution in [-0.2, 0) is 6.54 Å². The number of hydrogen-bond donors (Lipinski definition) is 1. The predicted molar refractivity (Wildman–Crippen MR) is 65.6 cm³/mol. The molecule has 0 saturated heterocycles. The molecule has 1 unspecified atom stereocenters. The van der Waals surface area contributed by atoms with Crippen molar-refractivity contribution in [3.8, 4) is 0 Å². The van der Waals surface area contributed by atoms with Gasteiger partial charge in [0.1, 0.15) is 6.10 Å². The Morgan fingerprint density at radius 2 is 2.18 bits per heavy atom. The van der Waals surface area contributed by atoms with Gasteiger partial charge in [0.25, 0.3) is 0 Å². The first-order valence-electron chi connectivity index (χ1n) is 5.84. The Balaban J connectivity index is 2.26. The van der Waals surface area contributed by atoms with E-state index in [0.29, 0.717) is 0 Å². The monoisotopic (exact) mass is 231 g/mol. The molecule has 0 radical (unpaired) electrons. The average molecular weight is 231 g/mol. The van der Waals surface area contributed by atoms with Gasteiger partial charge in [0, 0.05) is 30.2 Å². The molecule has 4 nitrogen and oxygen atoms in total. The lowest BCUT2D eigenvalue weighted by Crippen LogP contribution is -2.10. The topological polar surface area (TPSA) is 50.9 Å². The Kier molecular flexibility index (Phi) is 3.54. The van der Waals surface area contributed by atoms with E-state index in [1.807, 2.05) is 29.8 Å². The van der Waals surface area contributed by atoms with Crippen LogP contribution in [0.5, 0.6) is 0 Å². The molecule has 0 saturated carbocycles. The lowest BCUT2D eigenvalue weighted by atomic mass is 10.1. The molecule has 0 aromatic carbocycles. The Labute approximate surface area is 101 Å². The zero-order valence-electron chi connectivity index (χ0n) is 10.2. The Morgan fingerprint density at radius 3 is 2.82 bits per heavy atom. The van der Waals surface area contributed by atoms with Crippen LogP contribution in [-0.4, -0.2) is 19.9 Å². The standard InChI is InChI=1S/C13H17N3O/c1-3-8-16-12(6-7-15-16)13(17)11-5-4-10(2)14-9-11/h4-7,9,13,17H,3,8H2,1-2H3. The van der Waals surface area contributed by atoms with Crippen molar-refractivity contribution in [2.75, 3.05) is 0 Å². The second kappa shape index (κ2) is 5.10. The molecule has 90 valence electrons. The summed E-state index contributed by atoms with van der Waals surface area (Å²) >= 11 is 0. The lowest BCUT2D eigenvalue weighted by Gasteiger charge is -2.13. The number of rotatable bonds is 4. The highest BCUT2D eigenvalue weighted by Crippen LogP contribution is 2.21. The van der Waals surface area contributed by atoms with Crippen LogP contribution < -0.4 is 0 Å². The van der Waals surface area contributed by atoms with E-state index in [9.17, 15) is 5.11 Å². The van der Waals surface area contributed by atoms with Gasteiger partial charge in [0.05, 0.1) is 5.69 Å². The maximum Gasteiger partial charge on any atom is 0.122 e. The second-order valence-corrected chi connectivity index (χ2v) is 4.11. The number of pyridine rings is 1. The molecule has 1 N–H and O–H groups in total. The van der Waals surface area contributed by atoms with Gasteiger partial charge in [-0.2, -0.15) is 5.10 Å². The van der Waals surface area contributed by atoms with Gasteiger partial charge in [-0.3, -0.25) is 9.67 Å². The fourth-order valence-corrected chi connectivity index (χ4v) is 1.79. The third-order valence-corrected chi connectivity index (χ3v) is 2.71. The maximum absolute atomic E-state index is 10.3. The van der Waals surface area contributed by atoms with E-state index in [0.717, 1.165) is 29.9 Å². The average Bonchev–Trinajstić information content (AvgIpc) is 2.78. The smallest absolute Gasteiger partial charge is 0.122 e. The van der Waals surface area contributed by atoms with Crippen LogP contribution in [0.3, 0.4) is 0 Å². The zero-order valence-corrected chi connectivity index (χ0v) is 10.2. The van der Waals surface area contributed by atoms with E-state index < -0.39 is 6.10 Å². The molecule has 0 spiro atoms. The van der Waals surface area contributed by atoms with Crippen LogP contribution in [0.15, 0.2) is 30.6 Å². The highest BCUT2D eigenvalue weighted by atomic mass is 16.3. The van der Waals surface area contributed by atoms with E-state index >= 15 is 0 Å². The third-order valence-electron chi connectivity index (χ3n) is 2.71. The van der Waals surface area contributed by atoms with Gasteiger partial charge in [-0.15, -0.1) is 0 Å². The molecule has 0 aliphatic rings. The summed E-state index contributed by atoms with van der Waals surface area (Å²) in [5.74, 6) is 0. The van der Waals surface area contributed by atoms with E-state index in [1.54, 1.807) is 12.4 Å². The van der Waals surface area contributed by atoms with Crippen LogP contribution in [0.2, 0.25) is 0 Å². The molecule has 2 heterocycles. The number of nitrogens with zero attached hydrogens (tertiary/aromatic N) is 3. The van der Waals surface area contributed by atoms with Gasteiger partial charge in [-0.05, 0) is 25.5 Å². The number of aliphatic hydroxyl groups excluding tert-OH is 1. The summed E-state index contributed by atoms with van der Waals surface area (Å²) in [6.45, 7) is 4.83. The summed E-state index contributed by atoms with van der Waals surface area (Å²) in [6, 6.07) is 5.65. The summed E-state index contributed by atoms with van der Waals surface area (Å²) in [5, 5.41) is 14.5. The molecule has 4 heteroatoms. The molecule has 0 aliphatic carbocycles. The van der Waals surface area contributed by atoms with Crippen molar-refractivity contribution in [1.82, 2.24) is 14.8 Å². The predicted octanol–water partition coefficient (Wildman–Crippen LogP) is 2.08. The minimum absolute atomic E-state index is 0.655. The van der Waals surface area contributed by atoms with Crippen LogP contribution in [0, 0.1) is 6.92 Å². The van der Waals surface area contributed by atoms with Gasteiger partial charge in [0.2, 0.25) is 0 Å². The SMILES string of the molecule is CCCn1nccc1C(O)c1ccc(C)nc1. The van der Waals surface area contributed by atoms with Gasteiger partial charge >= 0.3 is 0 Å². The quantitative estimate of drug-likeness (QED) is 0.876. The largest absolute Gasteiger partial charge is 0.382 e. The first kappa shape index (κ1) is 11.8. The molecule has 2 aromatic rings. The molecular formula is C13H17N3O. The highest BCUT2D eigenvalue weighted by molar-refractivity contribution is 5.23. The number of aliphatic hydroxyl groups is 1. The maximum atomic E-state index is 10.3. The van der Waals surface area contributed by atoms with Gasteiger partial charge < -0.3 is 5.11 Å². The molecule has 17 heavy (non-hydrogen) atoms. The fraction of sp³-hybridized carbons (Fsp3) is 0.385. The molecule has 2 rings (SSSR count). The number of hydrogen-bond acceptors (Lipinski definition) is 3. The first-order valence-corrected chi connectivity index (χ1v) is 5.84. The van der Waals surface area contributed by atoms with E-state index in [1.165, 1.54) is 0 Å². The summed E-state index contributed by atoms with van der Waals surface area (Å²) < 4.78 is 1.84. The third kappa shape index (κ3) is 2.53.